The number of rotatable bonds is 3. The van der Waals surface area contributed by atoms with Crippen molar-refractivity contribution in [2.24, 2.45) is 0 Å². The molecule has 1 aromatic carbocycles. The molecule has 2 unspecified atom stereocenters. The summed E-state index contributed by atoms with van der Waals surface area (Å²) in [6.07, 6.45) is -0.184. The molecule has 2 rings (SSSR count). The lowest BCUT2D eigenvalue weighted by atomic mass is 10.1. The van der Waals surface area contributed by atoms with E-state index in [-0.39, 0.29) is 4.83 Å². The normalized spacial score (nSPS) is 21.2. The first-order valence-corrected chi connectivity index (χ1v) is 5.86. The number of hydrogen-bond donors (Lipinski definition) is 0. The van der Waals surface area contributed by atoms with Crippen molar-refractivity contribution in [3.8, 4) is 0 Å². The summed E-state index contributed by atoms with van der Waals surface area (Å²) in [6, 6.07) is 9.59. The van der Waals surface area contributed by atoms with E-state index < -0.39 is 6.29 Å². The summed E-state index contributed by atoms with van der Waals surface area (Å²) in [4.78, 5) is 10.7. The van der Waals surface area contributed by atoms with Gasteiger partial charge in [0.2, 0.25) is 6.29 Å². The molecule has 2 atom stereocenters. The molecule has 1 aliphatic rings. The van der Waals surface area contributed by atoms with Crippen LogP contribution in [0.15, 0.2) is 36.1 Å². The number of alkyl halides is 1. The van der Waals surface area contributed by atoms with Crippen LogP contribution in [0.2, 0.25) is 0 Å². The lowest BCUT2D eigenvalue weighted by Gasteiger charge is -2.05. The van der Waals surface area contributed by atoms with Crippen molar-refractivity contribution in [1.82, 2.24) is 0 Å². The number of hydrogen-bond acceptors (Lipinski definition) is 3. The van der Waals surface area contributed by atoms with Gasteiger partial charge in [0, 0.05) is 5.56 Å². The molecule has 3 nitrogen and oxygen atoms in total. The van der Waals surface area contributed by atoms with Gasteiger partial charge in [-0.2, -0.15) is 0 Å². The van der Waals surface area contributed by atoms with Gasteiger partial charge in [-0.1, -0.05) is 46.3 Å². The van der Waals surface area contributed by atoms with Gasteiger partial charge in [0.05, 0.1) is 4.83 Å². The molecule has 1 aromatic rings. The van der Waals surface area contributed by atoms with Gasteiger partial charge in [-0.15, -0.1) is 0 Å². The van der Waals surface area contributed by atoms with Crippen LogP contribution in [0.1, 0.15) is 12.5 Å². The van der Waals surface area contributed by atoms with E-state index in [0.717, 1.165) is 5.56 Å². The number of allylic oxidation sites excluding steroid dienone is 1. The minimum absolute atomic E-state index is 0.00709. The molecule has 4 heteroatoms. The van der Waals surface area contributed by atoms with E-state index in [4.69, 9.17) is 9.47 Å². The lowest BCUT2D eigenvalue weighted by Crippen LogP contribution is -2.11. The summed E-state index contributed by atoms with van der Waals surface area (Å²) < 4.78 is 10.8. The molecule has 84 valence electrons. The molecule has 0 saturated heterocycles. The SMILES string of the molecule is CC(Br)C1=C(c2ccccc2)OC(C=O)O1. The minimum atomic E-state index is -0.829. The van der Waals surface area contributed by atoms with Crippen molar-refractivity contribution in [3.63, 3.8) is 0 Å². The van der Waals surface area contributed by atoms with Crippen LogP contribution in [-0.4, -0.2) is 17.4 Å². The molecule has 0 bridgehead atoms. The summed E-state index contributed by atoms with van der Waals surface area (Å²) in [5, 5.41) is 0. The molecule has 0 saturated carbocycles. The van der Waals surface area contributed by atoms with Gasteiger partial charge >= 0.3 is 0 Å². The fourth-order valence-corrected chi connectivity index (χ4v) is 1.82. The van der Waals surface area contributed by atoms with E-state index in [1.165, 1.54) is 0 Å². The molecule has 0 spiro atoms. The molecular formula is C12H11BrO3. The van der Waals surface area contributed by atoms with Crippen molar-refractivity contribution >= 4 is 28.0 Å². The molecule has 0 fully saturated rings. The van der Waals surface area contributed by atoms with Crippen molar-refractivity contribution < 1.29 is 14.3 Å². The van der Waals surface area contributed by atoms with E-state index in [0.29, 0.717) is 17.8 Å². The number of halogens is 1. The molecule has 16 heavy (non-hydrogen) atoms. The Morgan fingerprint density at radius 2 is 2.00 bits per heavy atom. The van der Waals surface area contributed by atoms with Crippen molar-refractivity contribution in [1.29, 1.82) is 0 Å². The number of carbonyl (C=O) groups excluding carboxylic acids is 1. The summed E-state index contributed by atoms with van der Waals surface area (Å²) in [5.74, 6) is 1.28. The highest BCUT2D eigenvalue weighted by molar-refractivity contribution is 9.09. The first kappa shape index (κ1) is 11.2. The van der Waals surface area contributed by atoms with E-state index in [1.807, 2.05) is 37.3 Å². The predicted molar refractivity (Wildman–Crippen MR) is 63.8 cm³/mol. The van der Waals surface area contributed by atoms with Crippen molar-refractivity contribution in [2.45, 2.75) is 18.0 Å². The van der Waals surface area contributed by atoms with Crippen LogP contribution in [0.4, 0.5) is 0 Å². The van der Waals surface area contributed by atoms with Gasteiger partial charge in [0.15, 0.2) is 11.5 Å². The Hall–Kier alpha value is -1.29. The fourth-order valence-electron chi connectivity index (χ4n) is 1.51. The second-order valence-electron chi connectivity index (χ2n) is 3.42. The van der Waals surface area contributed by atoms with Gasteiger partial charge in [-0.3, -0.25) is 4.79 Å². The maximum atomic E-state index is 10.7. The Balaban J connectivity index is 2.36. The van der Waals surface area contributed by atoms with Crippen LogP contribution in [0.5, 0.6) is 0 Å². The molecule has 0 aromatic heterocycles. The quantitative estimate of drug-likeness (QED) is 0.632. The van der Waals surface area contributed by atoms with E-state index in [1.54, 1.807) is 0 Å². The molecule has 0 N–H and O–H groups in total. The minimum Gasteiger partial charge on any atom is -0.447 e. The summed E-state index contributed by atoms with van der Waals surface area (Å²) in [7, 11) is 0. The van der Waals surface area contributed by atoms with Crippen LogP contribution in [0, 0.1) is 0 Å². The third-order valence-electron chi connectivity index (χ3n) is 2.21. The van der Waals surface area contributed by atoms with Gasteiger partial charge < -0.3 is 9.47 Å². The van der Waals surface area contributed by atoms with Gasteiger partial charge in [0.1, 0.15) is 0 Å². The molecule has 1 aliphatic heterocycles. The number of carbonyl (C=O) groups is 1. The second-order valence-corrected chi connectivity index (χ2v) is 4.79. The molecular weight excluding hydrogens is 272 g/mol. The smallest absolute Gasteiger partial charge is 0.297 e. The van der Waals surface area contributed by atoms with Gasteiger partial charge in [0.25, 0.3) is 6.29 Å². The number of ether oxygens (including phenoxy) is 2. The maximum Gasteiger partial charge on any atom is 0.297 e. The zero-order chi connectivity index (χ0) is 11.5. The topological polar surface area (TPSA) is 35.5 Å². The Morgan fingerprint density at radius 1 is 1.31 bits per heavy atom. The summed E-state index contributed by atoms with van der Waals surface area (Å²) >= 11 is 3.42. The Labute approximate surface area is 102 Å². The zero-order valence-electron chi connectivity index (χ0n) is 8.72. The van der Waals surface area contributed by atoms with E-state index in [9.17, 15) is 4.79 Å². The average Bonchev–Trinajstić information content (AvgIpc) is 2.74. The van der Waals surface area contributed by atoms with Crippen LogP contribution >= 0.6 is 15.9 Å². The van der Waals surface area contributed by atoms with E-state index >= 15 is 0 Å². The van der Waals surface area contributed by atoms with Crippen molar-refractivity contribution in [2.75, 3.05) is 0 Å². The first-order valence-electron chi connectivity index (χ1n) is 4.94. The number of aldehydes is 1. The average molecular weight is 283 g/mol. The largest absolute Gasteiger partial charge is 0.447 e. The fraction of sp³-hybridized carbons (Fsp3) is 0.250. The summed E-state index contributed by atoms with van der Waals surface area (Å²) in [6.45, 7) is 1.93. The molecule has 0 amide bonds. The highest BCUT2D eigenvalue weighted by Crippen LogP contribution is 2.33. The highest BCUT2D eigenvalue weighted by Gasteiger charge is 2.29. The third-order valence-corrected chi connectivity index (χ3v) is 2.63. The van der Waals surface area contributed by atoms with Crippen molar-refractivity contribution in [3.05, 3.63) is 41.7 Å². The number of benzene rings is 1. The first-order chi connectivity index (χ1) is 7.72. The molecule has 0 radical (unpaired) electrons. The van der Waals surface area contributed by atoms with Gasteiger partial charge in [-0.25, -0.2) is 0 Å². The molecule has 0 aliphatic carbocycles. The zero-order valence-corrected chi connectivity index (χ0v) is 10.3. The van der Waals surface area contributed by atoms with Gasteiger partial charge in [-0.05, 0) is 6.92 Å². The predicted octanol–water partition coefficient (Wildman–Crippen LogP) is 2.71. The Kier molecular flexibility index (Phi) is 3.29. The Bertz CT molecular complexity index is 412. The Morgan fingerprint density at radius 3 is 2.56 bits per heavy atom. The maximum absolute atomic E-state index is 10.7. The summed E-state index contributed by atoms with van der Waals surface area (Å²) in [5.41, 5.74) is 0.910. The van der Waals surface area contributed by atoms with E-state index in [2.05, 4.69) is 15.9 Å². The standard InChI is InChI=1S/C12H11BrO3/c1-8(13)11-12(16-10(7-14)15-11)9-5-3-2-4-6-9/h2-8,10H,1H3. The lowest BCUT2D eigenvalue weighted by molar-refractivity contribution is -0.128. The van der Waals surface area contributed by atoms with Crippen LogP contribution < -0.4 is 0 Å². The second kappa shape index (κ2) is 4.70. The van der Waals surface area contributed by atoms with Crippen LogP contribution in [0.25, 0.3) is 5.76 Å². The highest BCUT2D eigenvalue weighted by atomic mass is 79.9. The van der Waals surface area contributed by atoms with Crippen LogP contribution in [0.3, 0.4) is 0 Å². The monoisotopic (exact) mass is 282 g/mol. The third kappa shape index (κ3) is 2.11. The molecule has 1 heterocycles. The van der Waals surface area contributed by atoms with Crippen LogP contribution in [-0.2, 0) is 14.3 Å².